The normalized spacial score (nSPS) is 17.5. The van der Waals surface area contributed by atoms with Gasteiger partial charge >= 0.3 is 6.18 Å². The Kier molecular flexibility index (Phi) is 6.10. The highest BCUT2D eigenvalue weighted by atomic mass is 19.4. The Bertz CT molecular complexity index is 810. The highest BCUT2D eigenvalue weighted by molar-refractivity contribution is 5.94. The average molecular weight is 394 g/mol. The minimum Gasteiger partial charge on any atom is -0.353 e. The summed E-state index contributed by atoms with van der Waals surface area (Å²) < 4.78 is 40.7. The fraction of sp³-hybridized carbons (Fsp3) is 0.450. The van der Waals surface area contributed by atoms with E-state index in [4.69, 9.17) is 0 Å². The second-order valence-corrected chi connectivity index (χ2v) is 7.19. The first-order valence-corrected chi connectivity index (χ1v) is 9.25. The Morgan fingerprint density at radius 1 is 1.11 bits per heavy atom. The molecule has 1 aliphatic rings. The second-order valence-electron chi connectivity index (χ2n) is 7.19. The van der Waals surface area contributed by atoms with Crippen LogP contribution in [0, 0.1) is 0 Å². The van der Waals surface area contributed by atoms with E-state index >= 15 is 0 Å². The SMILES string of the molecule is CN1CCN([C@@H](CNC(=O)c2cccc(C(F)(F)F)c2)c2cccn2C)CC1. The van der Waals surface area contributed by atoms with Crippen LogP contribution in [-0.2, 0) is 13.2 Å². The van der Waals surface area contributed by atoms with Gasteiger partial charge in [-0.2, -0.15) is 13.2 Å². The van der Waals surface area contributed by atoms with Gasteiger partial charge in [0.2, 0.25) is 0 Å². The third kappa shape index (κ3) is 4.74. The predicted octanol–water partition coefficient (Wildman–Crippen LogP) is 2.76. The molecule has 0 saturated carbocycles. The first-order valence-electron chi connectivity index (χ1n) is 9.25. The zero-order valence-electron chi connectivity index (χ0n) is 16.0. The molecule has 1 aromatic carbocycles. The molecule has 1 aliphatic heterocycles. The molecule has 5 nitrogen and oxygen atoms in total. The highest BCUT2D eigenvalue weighted by Gasteiger charge is 2.31. The van der Waals surface area contributed by atoms with Crippen LogP contribution >= 0.6 is 0 Å². The summed E-state index contributed by atoms with van der Waals surface area (Å²) in [6, 6.07) is 8.44. The molecule has 2 aromatic rings. The molecular formula is C20H25F3N4O. The van der Waals surface area contributed by atoms with E-state index in [9.17, 15) is 18.0 Å². The number of likely N-dealkylation sites (N-methyl/N-ethyl adjacent to an activating group) is 1. The number of carbonyl (C=O) groups is 1. The third-order valence-electron chi connectivity index (χ3n) is 5.21. The van der Waals surface area contributed by atoms with E-state index in [2.05, 4.69) is 22.2 Å². The lowest BCUT2D eigenvalue weighted by Crippen LogP contribution is -2.48. The van der Waals surface area contributed by atoms with Crippen LogP contribution in [0.25, 0.3) is 0 Å². The number of amides is 1. The first-order chi connectivity index (χ1) is 13.3. The fourth-order valence-corrected chi connectivity index (χ4v) is 3.50. The summed E-state index contributed by atoms with van der Waals surface area (Å²) in [7, 11) is 4.03. The summed E-state index contributed by atoms with van der Waals surface area (Å²) in [6.45, 7) is 3.93. The van der Waals surface area contributed by atoms with Crippen molar-refractivity contribution < 1.29 is 18.0 Å². The lowest BCUT2D eigenvalue weighted by atomic mass is 10.1. The van der Waals surface area contributed by atoms with Gasteiger partial charge in [0.05, 0.1) is 11.6 Å². The van der Waals surface area contributed by atoms with E-state index < -0.39 is 17.6 Å². The number of benzene rings is 1. The van der Waals surface area contributed by atoms with Crippen LogP contribution in [0.15, 0.2) is 42.6 Å². The van der Waals surface area contributed by atoms with Crippen LogP contribution in [0.3, 0.4) is 0 Å². The molecule has 28 heavy (non-hydrogen) atoms. The van der Waals surface area contributed by atoms with E-state index in [-0.39, 0.29) is 11.6 Å². The van der Waals surface area contributed by atoms with Crippen LogP contribution in [0.1, 0.15) is 27.7 Å². The standard InChI is InChI=1S/C20H25F3N4O/c1-25-9-11-27(12-10-25)18(17-7-4-8-26(17)2)14-24-19(28)15-5-3-6-16(13-15)20(21,22)23/h3-8,13,18H,9-12,14H2,1-2H3,(H,24,28)/t18-/m0/s1. The van der Waals surface area contributed by atoms with Crippen LogP contribution in [0.5, 0.6) is 0 Å². The monoisotopic (exact) mass is 394 g/mol. The van der Waals surface area contributed by atoms with E-state index in [1.165, 1.54) is 12.1 Å². The zero-order chi connectivity index (χ0) is 20.3. The van der Waals surface area contributed by atoms with Crippen LogP contribution < -0.4 is 5.32 Å². The van der Waals surface area contributed by atoms with Crippen molar-refractivity contribution in [1.82, 2.24) is 19.7 Å². The fourth-order valence-electron chi connectivity index (χ4n) is 3.50. The number of carbonyl (C=O) groups excluding carboxylic acids is 1. The molecule has 1 fully saturated rings. The summed E-state index contributed by atoms with van der Waals surface area (Å²) >= 11 is 0. The van der Waals surface area contributed by atoms with Gasteiger partial charge in [-0.1, -0.05) is 6.07 Å². The largest absolute Gasteiger partial charge is 0.416 e. The summed E-state index contributed by atoms with van der Waals surface area (Å²) in [5.41, 5.74) is 0.255. The number of aryl methyl sites for hydroxylation is 1. The minimum absolute atomic E-state index is 0.0128. The van der Waals surface area contributed by atoms with E-state index in [1.807, 2.05) is 29.9 Å². The van der Waals surface area contributed by atoms with Gasteiger partial charge in [0.25, 0.3) is 5.91 Å². The molecule has 0 bridgehead atoms. The maximum Gasteiger partial charge on any atom is 0.416 e. The molecule has 1 amide bonds. The van der Waals surface area contributed by atoms with Crippen molar-refractivity contribution in [3.8, 4) is 0 Å². The van der Waals surface area contributed by atoms with Crippen molar-refractivity contribution in [3.05, 3.63) is 59.4 Å². The molecule has 2 heterocycles. The van der Waals surface area contributed by atoms with Crippen LogP contribution in [0.4, 0.5) is 13.2 Å². The first kappa shape index (κ1) is 20.4. The molecule has 8 heteroatoms. The van der Waals surface area contributed by atoms with Gasteiger partial charge in [-0.15, -0.1) is 0 Å². The van der Waals surface area contributed by atoms with E-state index in [1.54, 1.807) is 0 Å². The van der Waals surface area contributed by atoms with Crippen molar-refractivity contribution in [2.75, 3.05) is 39.8 Å². The van der Waals surface area contributed by atoms with Crippen molar-refractivity contribution >= 4 is 5.91 Å². The number of hydrogen-bond donors (Lipinski definition) is 1. The van der Waals surface area contributed by atoms with Gasteiger partial charge < -0.3 is 14.8 Å². The van der Waals surface area contributed by atoms with E-state index in [0.29, 0.717) is 6.54 Å². The molecule has 1 saturated heterocycles. The van der Waals surface area contributed by atoms with Crippen molar-refractivity contribution in [2.24, 2.45) is 7.05 Å². The third-order valence-corrected chi connectivity index (χ3v) is 5.21. The Balaban J connectivity index is 1.73. The number of rotatable bonds is 5. The molecule has 0 radical (unpaired) electrons. The summed E-state index contributed by atoms with van der Waals surface area (Å²) in [6.07, 6.45) is -2.52. The van der Waals surface area contributed by atoms with Gasteiger partial charge in [0.1, 0.15) is 0 Å². The predicted molar refractivity (Wildman–Crippen MR) is 101 cm³/mol. The summed E-state index contributed by atoms with van der Waals surface area (Å²) in [5, 5.41) is 2.83. The maximum atomic E-state index is 12.9. The van der Waals surface area contributed by atoms with Crippen LogP contribution in [-0.4, -0.2) is 60.0 Å². The Labute approximate surface area is 162 Å². The molecule has 3 rings (SSSR count). The molecule has 0 aliphatic carbocycles. The number of nitrogens with zero attached hydrogens (tertiary/aromatic N) is 3. The van der Waals surface area contributed by atoms with Crippen molar-refractivity contribution in [3.63, 3.8) is 0 Å². The molecule has 1 aromatic heterocycles. The minimum atomic E-state index is -4.47. The van der Waals surface area contributed by atoms with Crippen LogP contribution in [0.2, 0.25) is 0 Å². The second kappa shape index (κ2) is 8.36. The van der Waals surface area contributed by atoms with Gasteiger partial charge in [-0.3, -0.25) is 9.69 Å². The number of aromatic nitrogens is 1. The van der Waals surface area contributed by atoms with Gasteiger partial charge in [-0.05, 0) is 37.4 Å². The summed E-state index contributed by atoms with van der Waals surface area (Å²) in [4.78, 5) is 17.1. The van der Waals surface area contributed by atoms with Crippen molar-refractivity contribution in [1.29, 1.82) is 0 Å². The van der Waals surface area contributed by atoms with Gasteiger partial charge in [0, 0.05) is 57.2 Å². The number of hydrogen-bond acceptors (Lipinski definition) is 3. The lowest BCUT2D eigenvalue weighted by Gasteiger charge is -2.38. The quantitative estimate of drug-likeness (QED) is 0.848. The molecule has 152 valence electrons. The Morgan fingerprint density at radius 3 is 2.43 bits per heavy atom. The smallest absolute Gasteiger partial charge is 0.353 e. The molecular weight excluding hydrogens is 369 g/mol. The number of alkyl halides is 3. The number of nitrogens with one attached hydrogen (secondary N) is 1. The Hall–Kier alpha value is -2.32. The van der Waals surface area contributed by atoms with Gasteiger partial charge in [-0.25, -0.2) is 0 Å². The van der Waals surface area contributed by atoms with Gasteiger partial charge in [0.15, 0.2) is 0 Å². The molecule has 1 atom stereocenters. The molecule has 0 spiro atoms. The lowest BCUT2D eigenvalue weighted by molar-refractivity contribution is -0.137. The Morgan fingerprint density at radius 2 is 1.82 bits per heavy atom. The summed E-state index contributed by atoms with van der Waals surface area (Å²) in [5.74, 6) is -0.501. The van der Waals surface area contributed by atoms with Crippen molar-refractivity contribution in [2.45, 2.75) is 12.2 Å². The average Bonchev–Trinajstić information content (AvgIpc) is 3.08. The molecule has 1 N–H and O–H groups in total. The molecule has 0 unspecified atom stereocenters. The topological polar surface area (TPSA) is 40.5 Å². The highest BCUT2D eigenvalue weighted by Crippen LogP contribution is 2.29. The number of halogens is 3. The van der Waals surface area contributed by atoms with E-state index in [0.717, 1.165) is 44.0 Å². The zero-order valence-corrected chi connectivity index (χ0v) is 16.0. The number of piperazine rings is 1. The maximum absolute atomic E-state index is 12.9.